The molecule has 0 saturated heterocycles. The fraction of sp³-hybridized carbons (Fsp3) is 1.00. The number of hydrogen-bond donors (Lipinski definition) is 1. The van der Waals surface area contributed by atoms with Crippen molar-refractivity contribution >= 4 is 11.8 Å². The van der Waals surface area contributed by atoms with Gasteiger partial charge in [-0.25, -0.2) is 0 Å². The van der Waals surface area contributed by atoms with Crippen LogP contribution in [0.1, 0.15) is 33.6 Å². The molecule has 0 rings (SSSR count). The Hall–Kier alpha value is 0.310. The smallest absolute Gasteiger partial charge is 0.000281 e. The van der Waals surface area contributed by atoms with Gasteiger partial charge >= 0.3 is 0 Å². The van der Waals surface area contributed by atoms with Gasteiger partial charge in [-0.15, -0.1) is 0 Å². The van der Waals surface area contributed by atoms with Gasteiger partial charge in [0.25, 0.3) is 0 Å². The summed E-state index contributed by atoms with van der Waals surface area (Å²) in [5, 5.41) is 3.47. The van der Waals surface area contributed by atoms with Crippen LogP contribution in [-0.2, 0) is 0 Å². The van der Waals surface area contributed by atoms with E-state index >= 15 is 0 Å². The van der Waals surface area contributed by atoms with Crippen LogP contribution in [0.5, 0.6) is 0 Å². The highest BCUT2D eigenvalue weighted by molar-refractivity contribution is 7.98. The number of rotatable bonds is 7. The summed E-state index contributed by atoms with van der Waals surface area (Å²) in [4.78, 5) is 0. The van der Waals surface area contributed by atoms with E-state index < -0.39 is 0 Å². The van der Waals surface area contributed by atoms with Crippen molar-refractivity contribution in [1.29, 1.82) is 0 Å². The summed E-state index contributed by atoms with van der Waals surface area (Å²) < 4.78 is 0. The van der Waals surface area contributed by atoms with Crippen LogP contribution in [-0.4, -0.2) is 25.1 Å². The summed E-state index contributed by atoms with van der Waals surface area (Å²) in [6, 6.07) is 0. The second kappa shape index (κ2) is 6.79. The minimum absolute atomic E-state index is 0.470. The maximum atomic E-state index is 3.47. The molecule has 0 aromatic heterocycles. The molecular weight excluding hydrogens is 166 g/mol. The molecule has 0 radical (unpaired) electrons. The average molecular weight is 189 g/mol. The van der Waals surface area contributed by atoms with E-state index in [1.807, 2.05) is 11.8 Å². The Morgan fingerprint density at radius 1 is 1.33 bits per heavy atom. The predicted molar refractivity (Wildman–Crippen MR) is 59.9 cm³/mol. The monoisotopic (exact) mass is 189 g/mol. The van der Waals surface area contributed by atoms with Crippen LogP contribution in [0.25, 0.3) is 0 Å². The standard InChI is InChI=1S/C10H23NS/c1-5-7-11-9-10(2,3)6-8-12-4/h11H,5-9H2,1-4H3. The van der Waals surface area contributed by atoms with E-state index in [1.54, 1.807) is 0 Å². The van der Waals surface area contributed by atoms with E-state index in [0.29, 0.717) is 5.41 Å². The summed E-state index contributed by atoms with van der Waals surface area (Å²) in [6.45, 7) is 9.20. The molecule has 0 saturated carbocycles. The van der Waals surface area contributed by atoms with Crippen molar-refractivity contribution in [1.82, 2.24) is 5.32 Å². The topological polar surface area (TPSA) is 12.0 Å². The van der Waals surface area contributed by atoms with Crippen molar-refractivity contribution in [3.05, 3.63) is 0 Å². The molecule has 2 heteroatoms. The Labute approximate surface area is 81.7 Å². The summed E-state index contributed by atoms with van der Waals surface area (Å²) in [7, 11) is 0. The maximum Gasteiger partial charge on any atom is 0.000281 e. The lowest BCUT2D eigenvalue weighted by Gasteiger charge is -2.24. The first-order chi connectivity index (χ1) is 5.62. The molecule has 0 aliphatic rings. The number of thioether (sulfide) groups is 1. The van der Waals surface area contributed by atoms with Crippen LogP contribution in [0.2, 0.25) is 0 Å². The van der Waals surface area contributed by atoms with Gasteiger partial charge in [0.2, 0.25) is 0 Å². The molecule has 74 valence electrons. The molecule has 12 heavy (non-hydrogen) atoms. The van der Waals surface area contributed by atoms with Crippen molar-refractivity contribution in [2.75, 3.05) is 25.1 Å². The third-order valence-corrected chi connectivity index (χ3v) is 2.63. The van der Waals surface area contributed by atoms with Crippen LogP contribution in [0.15, 0.2) is 0 Å². The van der Waals surface area contributed by atoms with Crippen molar-refractivity contribution in [2.24, 2.45) is 5.41 Å². The third-order valence-electron chi connectivity index (χ3n) is 2.01. The molecule has 0 fully saturated rings. The second-order valence-corrected chi connectivity index (χ2v) is 5.07. The maximum absolute atomic E-state index is 3.47. The van der Waals surface area contributed by atoms with Gasteiger partial charge in [0, 0.05) is 6.54 Å². The number of nitrogens with one attached hydrogen (secondary N) is 1. The van der Waals surface area contributed by atoms with Crippen molar-refractivity contribution in [2.45, 2.75) is 33.6 Å². The van der Waals surface area contributed by atoms with Gasteiger partial charge in [0.15, 0.2) is 0 Å². The fourth-order valence-electron chi connectivity index (χ4n) is 1.07. The highest BCUT2D eigenvalue weighted by atomic mass is 32.2. The average Bonchev–Trinajstić information content (AvgIpc) is 2.01. The Kier molecular flexibility index (Phi) is 6.96. The minimum Gasteiger partial charge on any atom is -0.316 e. The van der Waals surface area contributed by atoms with Gasteiger partial charge in [-0.1, -0.05) is 20.8 Å². The van der Waals surface area contributed by atoms with Crippen molar-refractivity contribution in [3.8, 4) is 0 Å². The van der Waals surface area contributed by atoms with E-state index in [-0.39, 0.29) is 0 Å². The van der Waals surface area contributed by atoms with E-state index in [9.17, 15) is 0 Å². The predicted octanol–water partition coefficient (Wildman–Crippen LogP) is 2.77. The molecule has 0 heterocycles. The Balaban J connectivity index is 3.42. The lowest BCUT2D eigenvalue weighted by atomic mass is 9.90. The summed E-state index contributed by atoms with van der Waals surface area (Å²) in [5.74, 6) is 1.28. The number of hydrogen-bond acceptors (Lipinski definition) is 2. The molecule has 0 aromatic carbocycles. The highest BCUT2D eigenvalue weighted by Gasteiger charge is 2.15. The molecule has 0 unspecified atom stereocenters. The zero-order chi connectivity index (χ0) is 9.45. The minimum atomic E-state index is 0.470. The first-order valence-corrected chi connectivity index (χ1v) is 6.21. The van der Waals surface area contributed by atoms with Crippen LogP contribution in [0.3, 0.4) is 0 Å². The van der Waals surface area contributed by atoms with Gasteiger partial charge in [-0.05, 0) is 36.8 Å². The van der Waals surface area contributed by atoms with Gasteiger partial charge in [-0.3, -0.25) is 0 Å². The van der Waals surface area contributed by atoms with Crippen LogP contribution in [0.4, 0.5) is 0 Å². The molecule has 0 aliphatic carbocycles. The fourth-order valence-corrected chi connectivity index (χ4v) is 1.83. The molecule has 0 spiro atoms. The molecular formula is C10H23NS. The van der Waals surface area contributed by atoms with Crippen LogP contribution >= 0.6 is 11.8 Å². The molecule has 0 aliphatic heterocycles. The molecule has 0 atom stereocenters. The Morgan fingerprint density at radius 2 is 2.00 bits per heavy atom. The largest absolute Gasteiger partial charge is 0.316 e. The highest BCUT2D eigenvalue weighted by Crippen LogP contribution is 2.20. The normalized spacial score (nSPS) is 12.0. The van der Waals surface area contributed by atoms with Gasteiger partial charge in [0.05, 0.1) is 0 Å². The van der Waals surface area contributed by atoms with E-state index in [4.69, 9.17) is 0 Å². The van der Waals surface area contributed by atoms with E-state index in [1.165, 1.54) is 18.6 Å². The van der Waals surface area contributed by atoms with Crippen molar-refractivity contribution < 1.29 is 0 Å². The molecule has 0 aromatic rings. The lowest BCUT2D eigenvalue weighted by Crippen LogP contribution is -2.30. The zero-order valence-corrected chi connectivity index (χ0v) is 9.76. The van der Waals surface area contributed by atoms with Gasteiger partial charge in [-0.2, -0.15) is 11.8 Å². The van der Waals surface area contributed by atoms with Gasteiger partial charge in [0.1, 0.15) is 0 Å². The van der Waals surface area contributed by atoms with Crippen LogP contribution in [0, 0.1) is 5.41 Å². The Morgan fingerprint density at radius 3 is 2.50 bits per heavy atom. The second-order valence-electron chi connectivity index (χ2n) is 4.08. The summed E-state index contributed by atoms with van der Waals surface area (Å²) >= 11 is 1.94. The quantitative estimate of drug-likeness (QED) is 0.618. The van der Waals surface area contributed by atoms with E-state index in [0.717, 1.165) is 13.1 Å². The molecule has 1 N–H and O–H groups in total. The van der Waals surface area contributed by atoms with E-state index in [2.05, 4.69) is 32.3 Å². The first kappa shape index (κ1) is 12.3. The molecule has 1 nitrogen and oxygen atoms in total. The van der Waals surface area contributed by atoms with Crippen LogP contribution < -0.4 is 5.32 Å². The molecule has 0 bridgehead atoms. The molecule has 0 amide bonds. The van der Waals surface area contributed by atoms with Gasteiger partial charge < -0.3 is 5.32 Å². The lowest BCUT2D eigenvalue weighted by molar-refractivity contribution is 0.332. The third kappa shape index (κ3) is 6.99. The summed E-state index contributed by atoms with van der Waals surface area (Å²) in [5.41, 5.74) is 0.470. The SMILES string of the molecule is CCCNCC(C)(C)CCSC. The first-order valence-electron chi connectivity index (χ1n) is 4.82. The van der Waals surface area contributed by atoms with Crippen molar-refractivity contribution in [3.63, 3.8) is 0 Å². The summed E-state index contributed by atoms with van der Waals surface area (Å²) in [6.07, 6.45) is 4.72. The Bertz CT molecular complexity index is 102. The zero-order valence-electron chi connectivity index (χ0n) is 8.94.